The molecule has 1 aromatic carbocycles. The average molecular weight is 329 g/mol. The maximum absolute atomic E-state index is 12.3. The molecule has 2 unspecified atom stereocenters. The van der Waals surface area contributed by atoms with Gasteiger partial charge in [-0.15, -0.1) is 0 Å². The maximum Gasteiger partial charge on any atom is 0.401 e. The number of alkyl halides is 3. The standard InChI is InChI=1S/C16H22F3N3O/c1-12(14-5-3-2-4-6-14)21-15(23)20-9-13-7-8-22(10-13)11-16(17,18)19/h2-6,12-13H,7-11H2,1H3,(H2,20,21,23). The van der Waals surface area contributed by atoms with E-state index in [9.17, 15) is 18.0 Å². The minimum Gasteiger partial charge on any atom is -0.338 e. The van der Waals surface area contributed by atoms with Gasteiger partial charge in [-0.05, 0) is 31.4 Å². The number of urea groups is 1. The van der Waals surface area contributed by atoms with Crippen molar-refractivity contribution in [3.05, 3.63) is 35.9 Å². The summed E-state index contributed by atoms with van der Waals surface area (Å²) in [6.07, 6.45) is -3.49. The molecule has 2 amide bonds. The highest BCUT2D eigenvalue weighted by Crippen LogP contribution is 2.22. The van der Waals surface area contributed by atoms with Gasteiger partial charge in [-0.3, -0.25) is 4.90 Å². The Hall–Kier alpha value is -1.76. The van der Waals surface area contributed by atoms with Crippen molar-refractivity contribution in [1.82, 2.24) is 15.5 Å². The maximum atomic E-state index is 12.3. The Labute approximate surface area is 134 Å². The lowest BCUT2D eigenvalue weighted by atomic mass is 10.1. The first-order chi connectivity index (χ1) is 10.8. The number of nitrogens with zero attached hydrogens (tertiary/aromatic N) is 1. The molecule has 0 aromatic heterocycles. The van der Waals surface area contributed by atoms with Crippen LogP contribution < -0.4 is 10.6 Å². The van der Waals surface area contributed by atoms with Crippen LogP contribution in [0.4, 0.5) is 18.0 Å². The van der Waals surface area contributed by atoms with E-state index in [0.717, 1.165) is 5.56 Å². The quantitative estimate of drug-likeness (QED) is 0.872. The Kier molecular flexibility index (Phi) is 5.87. The summed E-state index contributed by atoms with van der Waals surface area (Å²) in [6.45, 7) is 2.19. The molecule has 1 fully saturated rings. The van der Waals surface area contributed by atoms with E-state index in [1.807, 2.05) is 37.3 Å². The van der Waals surface area contributed by atoms with Crippen molar-refractivity contribution in [3.63, 3.8) is 0 Å². The summed E-state index contributed by atoms with van der Waals surface area (Å²) in [4.78, 5) is 13.3. The molecule has 1 saturated heterocycles. The molecule has 0 bridgehead atoms. The number of carbonyl (C=O) groups is 1. The highest BCUT2D eigenvalue weighted by Gasteiger charge is 2.34. The summed E-state index contributed by atoms with van der Waals surface area (Å²) in [7, 11) is 0. The van der Waals surface area contributed by atoms with Gasteiger partial charge in [-0.1, -0.05) is 30.3 Å². The second-order valence-electron chi connectivity index (χ2n) is 5.99. The van der Waals surface area contributed by atoms with Gasteiger partial charge in [0, 0.05) is 13.1 Å². The fourth-order valence-corrected chi connectivity index (χ4v) is 2.79. The molecule has 1 heterocycles. The van der Waals surface area contributed by atoms with Crippen molar-refractivity contribution in [3.8, 4) is 0 Å². The third kappa shape index (κ3) is 6.09. The molecule has 1 aromatic rings. The van der Waals surface area contributed by atoms with Crippen LogP contribution in [0.5, 0.6) is 0 Å². The van der Waals surface area contributed by atoms with Gasteiger partial charge < -0.3 is 10.6 Å². The minimum absolute atomic E-state index is 0.0649. The number of hydrogen-bond acceptors (Lipinski definition) is 2. The van der Waals surface area contributed by atoms with Crippen molar-refractivity contribution in [1.29, 1.82) is 0 Å². The van der Waals surface area contributed by atoms with E-state index in [1.165, 1.54) is 4.90 Å². The van der Waals surface area contributed by atoms with Gasteiger partial charge >= 0.3 is 12.2 Å². The molecule has 1 aliphatic rings. The SMILES string of the molecule is CC(NC(=O)NCC1CCN(CC(F)(F)F)C1)c1ccccc1. The lowest BCUT2D eigenvalue weighted by Gasteiger charge is -2.19. The Morgan fingerprint density at radius 3 is 2.70 bits per heavy atom. The van der Waals surface area contributed by atoms with E-state index in [2.05, 4.69) is 10.6 Å². The molecule has 128 valence electrons. The zero-order chi connectivity index (χ0) is 16.9. The molecule has 7 heteroatoms. The Bertz CT molecular complexity index is 507. The zero-order valence-corrected chi connectivity index (χ0v) is 13.1. The van der Waals surface area contributed by atoms with Gasteiger partial charge in [-0.2, -0.15) is 13.2 Å². The summed E-state index contributed by atoms with van der Waals surface area (Å²) in [6, 6.07) is 9.15. The van der Waals surface area contributed by atoms with Crippen LogP contribution in [0.1, 0.15) is 24.9 Å². The second-order valence-corrected chi connectivity index (χ2v) is 5.99. The summed E-state index contributed by atoms with van der Waals surface area (Å²) in [5, 5.41) is 5.58. The van der Waals surface area contributed by atoms with Gasteiger partial charge in [0.2, 0.25) is 0 Å². The van der Waals surface area contributed by atoms with Crippen LogP contribution >= 0.6 is 0 Å². The van der Waals surface area contributed by atoms with Crippen molar-refractivity contribution in [2.24, 2.45) is 5.92 Å². The van der Waals surface area contributed by atoms with Gasteiger partial charge in [0.25, 0.3) is 0 Å². The first kappa shape index (κ1) is 17.6. The van der Waals surface area contributed by atoms with Gasteiger partial charge in [0.15, 0.2) is 0 Å². The van der Waals surface area contributed by atoms with Crippen LogP contribution in [-0.4, -0.2) is 43.3 Å². The average Bonchev–Trinajstić information content (AvgIpc) is 2.91. The lowest BCUT2D eigenvalue weighted by Crippen LogP contribution is -2.40. The third-order valence-corrected chi connectivity index (χ3v) is 3.97. The van der Waals surface area contributed by atoms with Crippen LogP contribution in [0, 0.1) is 5.92 Å². The van der Waals surface area contributed by atoms with Crippen LogP contribution in [0.2, 0.25) is 0 Å². The topological polar surface area (TPSA) is 44.4 Å². The van der Waals surface area contributed by atoms with E-state index in [0.29, 0.717) is 26.1 Å². The largest absolute Gasteiger partial charge is 0.401 e. The highest BCUT2D eigenvalue weighted by molar-refractivity contribution is 5.74. The fraction of sp³-hybridized carbons (Fsp3) is 0.562. The number of hydrogen-bond donors (Lipinski definition) is 2. The molecule has 2 N–H and O–H groups in total. The summed E-state index contributed by atoms with van der Waals surface area (Å²) in [5.41, 5.74) is 1.000. The molecule has 1 aliphatic heterocycles. The van der Waals surface area contributed by atoms with E-state index >= 15 is 0 Å². The molecule has 0 radical (unpaired) electrons. The molecule has 4 nitrogen and oxygen atoms in total. The van der Waals surface area contributed by atoms with Crippen molar-refractivity contribution < 1.29 is 18.0 Å². The van der Waals surface area contributed by atoms with Crippen molar-refractivity contribution >= 4 is 6.03 Å². The van der Waals surface area contributed by atoms with Crippen molar-refractivity contribution in [2.45, 2.75) is 25.6 Å². The molecular weight excluding hydrogens is 307 g/mol. The Balaban J connectivity index is 1.69. The smallest absolute Gasteiger partial charge is 0.338 e. The zero-order valence-electron chi connectivity index (χ0n) is 13.1. The van der Waals surface area contributed by atoms with Crippen molar-refractivity contribution in [2.75, 3.05) is 26.2 Å². The molecule has 23 heavy (non-hydrogen) atoms. The van der Waals surface area contributed by atoms with Gasteiger partial charge in [0.1, 0.15) is 0 Å². The molecule has 2 rings (SSSR count). The molecule has 0 saturated carbocycles. The first-order valence-corrected chi connectivity index (χ1v) is 7.72. The predicted molar refractivity (Wildman–Crippen MR) is 82.0 cm³/mol. The van der Waals surface area contributed by atoms with E-state index in [4.69, 9.17) is 0 Å². The van der Waals surface area contributed by atoms with Crippen LogP contribution in [0.25, 0.3) is 0 Å². The monoisotopic (exact) mass is 329 g/mol. The normalized spacial score (nSPS) is 20.3. The number of nitrogens with one attached hydrogen (secondary N) is 2. The summed E-state index contributed by atoms with van der Waals surface area (Å²) in [5.74, 6) is 0.0649. The Morgan fingerprint density at radius 1 is 1.35 bits per heavy atom. The first-order valence-electron chi connectivity index (χ1n) is 7.72. The molecular formula is C16H22F3N3O. The highest BCUT2D eigenvalue weighted by atomic mass is 19.4. The number of carbonyl (C=O) groups excluding carboxylic acids is 1. The number of amides is 2. The van der Waals surface area contributed by atoms with Crippen LogP contribution in [-0.2, 0) is 0 Å². The molecule has 2 atom stereocenters. The van der Waals surface area contributed by atoms with E-state index in [1.54, 1.807) is 0 Å². The van der Waals surface area contributed by atoms with Gasteiger partial charge in [-0.25, -0.2) is 4.79 Å². The van der Waals surface area contributed by atoms with Crippen LogP contribution in [0.15, 0.2) is 30.3 Å². The van der Waals surface area contributed by atoms with E-state index in [-0.39, 0.29) is 18.0 Å². The number of rotatable bonds is 5. The summed E-state index contributed by atoms with van der Waals surface area (Å²) < 4.78 is 37.0. The summed E-state index contributed by atoms with van der Waals surface area (Å²) >= 11 is 0. The number of benzene rings is 1. The number of halogens is 3. The number of likely N-dealkylation sites (tertiary alicyclic amines) is 1. The minimum atomic E-state index is -4.16. The third-order valence-electron chi connectivity index (χ3n) is 3.97. The Morgan fingerprint density at radius 2 is 2.04 bits per heavy atom. The van der Waals surface area contributed by atoms with E-state index < -0.39 is 12.7 Å². The van der Waals surface area contributed by atoms with Gasteiger partial charge in [0.05, 0.1) is 12.6 Å². The molecule has 0 aliphatic carbocycles. The van der Waals surface area contributed by atoms with Crippen LogP contribution in [0.3, 0.4) is 0 Å². The fourth-order valence-electron chi connectivity index (χ4n) is 2.79. The predicted octanol–water partition coefficient (Wildman–Crippen LogP) is 2.93. The lowest BCUT2D eigenvalue weighted by molar-refractivity contribution is -0.143. The molecule has 0 spiro atoms. The second kappa shape index (κ2) is 7.68.